The molecule has 2 aromatic heterocycles. The standard InChI is InChI=1S/C21H25N3O2/c1-13-9-10-14(2)19-18(13)15(3)20(23-19)21(25)24(4)17(12-26-5)16-8-6-7-11-22-16/h6-11,17,23H,12H2,1-5H3/t17-/m0/s1. The predicted molar refractivity (Wildman–Crippen MR) is 103 cm³/mol. The number of likely N-dealkylation sites (N-methyl/N-ethyl adjacent to an activating group) is 1. The fraction of sp³-hybridized carbons (Fsp3) is 0.333. The number of H-pyrrole nitrogens is 1. The zero-order valence-electron chi connectivity index (χ0n) is 16.0. The zero-order valence-corrected chi connectivity index (χ0v) is 16.0. The van der Waals surface area contributed by atoms with Crippen LogP contribution in [0.4, 0.5) is 0 Å². The third kappa shape index (κ3) is 3.10. The molecule has 0 saturated heterocycles. The number of fused-ring (bicyclic) bond motifs is 1. The van der Waals surface area contributed by atoms with Crippen molar-refractivity contribution in [2.24, 2.45) is 0 Å². The van der Waals surface area contributed by atoms with Crippen molar-refractivity contribution in [3.63, 3.8) is 0 Å². The highest BCUT2D eigenvalue weighted by molar-refractivity contribution is 6.02. The molecule has 1 amide bonds. The van der Waals surface area contributed by atoms with Crippen LogP contribution >= 0.6 is 0 Å². The van der Waals surface area contributed by atoms with Gasteiger partial charge in [0.05, 0.1) is 18.3 Å². The van der Waals surface area contributed by atoms with E-state index in [1.165, 1.54) is 5.56 Å². The maximum Gasteiger partial charge on any atom is 0.270 e. The first kappa shape index (κ1) is 18.1. The van der Waals surface area contributed by atoms with Gasteiger partial charge in [-0.25, -0.2) is 0 Å². The second-order valence-corrected chi connectivity index (χ2v) is 6.72. The van der Waals surface area contributed by atoms with Gasteiger partial charge in [0, 0.05) is 31.3 Å². The average Bonchev–Trinajstić information content (AvgIpc) is 3.01. The van der Waals surface area contributed by atoms with Crippen LogP contribution in [-0.4, -0.2) is 41.5 Å². The van der Waals surface area contributed by atoms with Crippen molar-refractivity contribution in [3.05, 3.63) is 64.6 Å². The van der Waals surface area contributed by atoms with E-state index in [1.807, 2.05) is 25.1 Å². The van der Waals surface area contributed by atoms with Gasteiger partial charge in [-0.15, -0.1) is 0 Å². The molecular weight excluding hydrogens is 326 g/mol. The molecule has 5 nitrogen and oxygen atoms in total. The number of hydrogen-bond donors (Lipinski definition) is 1. The summed E-state index contributed by atoms with van der Waals surface area (Å²) in [5.41, 5.74) is 5.74. The first-order valence-corrected chi connectivity index (χ1v) is 8.71. The summed E-state index contributed by atoms with van der Waals surface area (Å²) >= 11 is 0. The number of amides is 1. The number of rotatable bonds is 5. The number of aromatic amines is 1. The molecule has 3 rings (SSSR count). The van der Waals surface area contributed by atoms with E-state index in [2.05, 4.69) is 35.9 Å². The molecule has 0 aliphatic carbocycles. The summed E-state index contributed by atoms with van der Waals surface area (Å²) in [7, 11) is 3.43. The van der Waals surface area contributed by atoms with Crippen molar-refractivity contribution < 1.29 is 9.53 Å². The van der Waals surface area contributed by atoms with Crippen molar-refractivity contribution in [2.45, 2.75) is 26.8 Å². The Morgan fingerprint density at radius 3 is 2.54 bits per heavy atom. The molecule has 0 spiro atoms. The molecule has 2 heterocycles. The van der Waals surface area contributed by atoms with Crippen molar-refractivity contribution in [2.75, 3.05) is 20.8 Å². The molecule has 0 bridgehead atoms. The van der Waals surface area contributed by atoms with Crippen LogP contribution in [0.5, 0.6) is 0 Å². The number of aromatic nitrogens is 2. The van der Waals surface area contributed by atoms with E-state index in [1.54, 1.807) is 25.3 Å². The first-order valence-electron chi connectivity index (χ1n) is 8.71. The normalized spacial score (nSPS) is 12.3. The van der Waals surface area contributed by atoms with Crippen molar-refractivity contribution in [3.8, 4) is 0 Å². The minimum atomic E-state index is -0.248. The van der Waals surface area contributed by atoms with E-state index in [0.29, 0.717) is 12.3 Å². The van der Waals surface area contributed by atoms with E-state index < -0.39 is 0 Å². The summed E-state index contributed by atoms with van der Waals surface area (Å²) < 4.78 is 5.35. The maximum absolute atomic E-state index is 13.3. The van der Waals surface area contributed by atoms with Crippen LogP contribution in [0, 0.1) is 20.8 Å². The first-order chi connectivity index (χ1) is 12.5. The van der Waals surface area contributed by atoms with Gasteiger partial charge in [0.25, 0.3) is 5.91 Å². The van der Waals surface area contributed by atoms with Gasteiger partial charge in [0.15, 0.2) is 0 Å². The second kappa shape index (κ2) is 7.30. The number of aryl methyl sites for hydroxylation is 3. The SMILES string of the molecule is COC[C@@H](c1ccccn1)N(C)C(=O)c1[nH]c2c(C)ccc(C)c2c1C. The largest absolute Gasteiger partial charge is 0.382 e. The summed E-state index contributed by atoms with van der Waals surface area (Å²) in [6.45, 7) is 6.51. The minimum absolute atomic E-state index is 0.0646. The number of benzene rings is 1. The Balaban J connectivity index is 2.02. The van der Waals surface area contributed by atoms with Gasteiger partial charge in [-0.2, -0.15) is 0 Å². The molecule has 26 heavy (non-hydrogen) atoms. The lowest BCUT2D eigenvalue weighted by Gasteiger charge is -2.27. The van der Waals surface area contributed by atoms with Gasteiger partial charge in [-0.3, -0.25) is 9.78 Å². The highest BCUT2D eigenvalue weighted by atomic mass is 16.5. The van der Waals surface area contributed by atoms with E-state index in [-0.39, 0.29) is 11.9 Å². The van der Waals surface area contributed by atoms with Gasteiger partial charge in [0.2, 0.25) is 0 Å². The lowest BCUT2D eigenvalue weighted by atomic mass is 10.0. The van der Waals surface area contributed by atoms with Crippen LogP contribution in [0.2, 0.25) is 0 Å². The summed E-state index contributed by atoms with van der Waals surface area (Å²) in [5, 5.41) is 1.13. The maximum atomic E-state index is 13.3. The number of carbonyl (C=O) groups is 1. The van der Waals surface area contributed by atoms with Crippen LogP contribution in [0.1, 0.15) is 38.9 Å². The number of nitrogens with zero attached hydrogens (tertiary/aromatic N) is 2. The highest BCUT2D eigenvalue weighted by Crippen LogP contribution is 2.29. The molecule has 0 aliphatic rings. The van der Waals surface area contributed by atoms with Crippen LogP contribution in [0.15, 0.2) is 36.5 Å². The highest BCUT2D eigenvalue weighted by Gasteiger charge is 2.27. The monoisotopic (exact) mass is 351 g/mol. The summed E-state index contributed by atoms with van der Waals surface area (Å²) in [4.78, 5) is 22.7. The fourth-order valence-corrected chi connectivity index (χ4v) is 3.46. The van der Waals surface area contributed by atoms with Gasteiger partial charge >= 0.3 is 0 Å². The Labute approximate surface area is 154 Å². The van der Waals surface area contributed by atoms with Gasteiger partial charge in [-0.1, -0.05) is 18.2 Å². The molecule has 0 unspecified atom stereocenters. The van der Waals surface area contributed by atoms with Gasteiger partial charge < -0.3 is 14.6 Å². The van der Waals surface area contributed by atoms with E-state index >= 15 is 0 Å². The second-order valence-electron chi connectivity index (χ2n) is 6.72. The Hall–Kier alpha value is -2.66. The van der Waals surface area contributed by atoms with Crippen molar-refractivity contribution in [1.29, 1.82) is 0 Å². The minimum Gasteiger partial charge on any atom is -0.382 e. The molecule has 1 aromatic carbocycles. The van der Waals surface area contributed by atoms with Crippen LogP contribution < -0.4 is 0 Å². The summed E-state index contributed by atoms with van der Waals surface area (Å²) in [6.07, 6.45) is 1.73. The molecule has 0 aliphatic heterocycles. The molecule has 1 atom stereocenters. The summed E-state index contributed by atoms with van der Waals surface area (Å²) in [6, 6.07) is 9.62. The molecule has 1 N–H and O–H groups in total. The lowest BCUT2D eigenvalue weighted by Crippen LogP contribution is -2.34. The molecule has 136 valence electrons. The topological polar surface area (TPSA) is 58.2 Å². The van der Waals surface area contributed by atoms with Crippen LogP contribution in [0.3, 0.4) is 0 Å². The van der Waals surface area contributed by atoms with E-state index in [9.17, 15) is 4.79 Å². The number of methoxy groups -OCH3 is 1. The summed E-state index contributed by atoms with van der Waals surface area (Å²) in [5.74, 6) is -0.0646. The molecular formula is C21H25N3O2. The van der Waals surface area contributed by atoms with Crippen molar-refractivity contribution in [1.82, 2.24) is 14.9 Å². The van der Waals surface area contributed by atoms with E-state index in [4.69, 9.17) is 4.74 Å². The van der Waals surface area contributed by atoms with Crippen LogP contribution in [0.25, 0.3) is 10.9 Å². The van der Waals surface area contributed by atoms with E-state index in [0.717, 1.165) is 27.7 Å². The third-order valence-electron chi connectivity index (χ3n) is 4.98. The molecule has 0 saturated carbocycles. The Bertz CT molecular complexity index is 931. The smallest absolute Gasteiger partial charge is 0.270 e. The fourth-order valence-electron chi connectivity index (χ4n) is 3.46. The number of hydrogen-bond acceptors (Lipinski definition) is 3. The Morgan fingerprint density at radius 1 is 1.19 bits per heavy atom. The molecule has 0 fully saturated rings. The zero-order chi connectivity index (χ0) is 18.8. The predicted octanol–water partition coefficient (Wildman–Crippen LogP) is 3.95. The molecule has 0 radical (unpaired) electrons. The van der Waals surface area contributed by atoms with Crippen molar-refractivity contribution >= 4 is 16.8 Å². The molecule has 5 heteroatoms. The Morgan fingerprint density at radius 2 is 1.92 bits per heavy atom. The number of pyridine rings is 1. The quantitative estimate of drug-likeness (QED) is 0.757. The Kier molecular flexibility index (Phi) is 5.09. The number of carbonyl (C=O) groups excluding carboxylic acids is 1. The van der Waals surface area contributed by atoms with Crippen LogP contribution in [-0.2, 0) is 4.74 Å². The number of ether oxygens (including phenoxy) is 1. The lowest BCUT2D eigenvalue weighted by molar-refractivity contribution is 0.0590. The third-order valence-corrected chi connectivity index (χ3v) is 4.98. The molecule has 3 aromatic rings. The number of nitrogens with one attached hydrogen (secondary N) is 1. The van der Waals surface area contributed by atoms with Gasteiger partial charge in [0.1, 0.15) is 5.69 Å². The van der Waals surface area contributed by atoms with Gasteiger partial charge in [-0.05, 0) is 49.6 Å². The average molecular weight is 351 g/mol.